The summed E-state index contributed by atoms with van der Waals surface area (Å²) in [6.07, 6.45) is 3.34. The monoisotopic (exact) mass is 236 g/mol. The number of carboxylic acids is 1. The van der Waals surface area contributed by atoms with E-state index in [-0.39, 0.29) is 17.4 Å². The quantitative estimate of drug-likeness (QED) is 0.808. The lowest BCUT2D eigenvalue weighted by atomic mass is 10.1. The minimum Gasteiger partial charge on any atom is -0.478 e. The molecule has 1 unspecified atom stereocenters. The van der Waals surface area contributed by atoms with Crippen molar-refractivity contribution in [1.82, 2.24) is 4.98 Å². The molecule has 0 aliphatic carbocycles. The maximum Gasteiger partial charge on any atom is 0.337 e. The number of pyridine rings is 1. The molecule has 1 aliphatic heterocycles. The van der Waals surface area contributed by atoms with Crippen molar-refractivity contribution >= 4 is 17.6 Å². The van der Waals surface area contributed by atoms with Crippen LogP contribution in [0.15, 0.2) is 18.5 Å². The van der Waals surface area contributed by atoms with Crippen molar-refractivity contribution in [3.05, 3.63) is 24.0 Å². The van der Waals surface area contributed by atoms with E-state index >= 15 is 0 Å². The smallest absolute Gasteiger partial charge is 0.337 e. The number of aromatic nitrogens is 1. The van der Waals surface area contributed by atoms with Crippen LogP contribution in [0, 0.1) is 5.92 Å². The third-order valence-corrected chi connectivity index (χ3v) is 2.55. The predicted octanol–water partition coefficient (Wildman–Crippen LogP) is 0.755. The Morgan fingerprint density at radius 3 is 2.94 bits per heavy atom. The summed E-state index contributed by atoms with van der Waals surface area (Å²) in [5, 5.41) is 11.4. The summed E-state index contributed by atoms with van der Waals surface area (Å²) in [7, 11) is 0. The summed E-state index contributed by atoms with van der Waals surface area (Å²) in [6, 6.07) is 1.38. The second-order valence-corrected chi connectivity index (χ2v) is 3.82. The first-order valence-electron chi connectivity index (χ1n) is 5.24. The number of carboxylic acid groups (broad SMARTS) is 1. The summed E-state index contributed by atoms with van der Waals surface area (Å²) in [4.78, 5) is 26.2. The van der Waals surface area contributed by atoms with Crippen LogP contribution in [0.5, 0.6) is 0 Å². The first-order valence-corrected chi connectivity index (χ1v) is 5.24. The fraction of sp³-hybridized carbons (Fsp3) is 0.364. The fourth-order valence-electron chi connectivity index (χ4n) is 1.61. The van der Waals surface area contributed by atoms with Gasteiger partial charge in [-0.05, 0) is 12.5 Å². The number of carbonyl (C=O) groups is 2. The number of aromatic carboxylic acids is 1. The molecular weight excluding hydrogens is 224 g/mol. The van der Waals surface area contributed by atoms with Crippen molar-refractivity contribution in [2.75, 3.05) is 18.5 Å². The van der Waals surface area contributed by atoms with Crippen LogP contribution in [0.4, 0.5) is 5.69 Å². The predicted molar refractivity (Wildman–Crippen MR) is 58.8 cm³/mol. The lowest BCUT2D eigenvalue weighted by Crippen LogP contribution is -2.23. The van der Waals surface area contributed by atoms with Crippen LogP contribution >= 0.6 is 0 Å². The number of hydrogen-bond donors (Lipinski definition) is 2. The molecule has 1 aromatic rings. The van der Waals surface area contributed by atoms with Gasteiger partial charge in [-0.1, -0.05) is 0 Å². The second-order valence-electron chi connectivity index (χ2n) is 3.82. The average Bonchev–Trinajstić information content (AvgIpc) is 2.82. The highest BCUT2D eigenvalue weighted by molar-refractivity contribution is 5.94. The molecular formula is C11H12N2O4. The van der Waals surface area contributed by atoms with Crippen molar-refractivity contribution in [3.8, 4) is 0 Å². The Kier molecular flexibility index (Phi) is 3.34. The van der Waals surface area contributed by atoms with Gasteiger partial charge in [-0.3, -0.25) is 9.78 Å². The molecule has 1 saturated heterocycles. The number of nitrogens with one attached hydrogen (secondary N) is 1. The number of amides is 1. The average molecular weight is 236 g/mol. The van der Waals surface area contributed by atoms with Gasteiger partial charge in [-0.25, -0.2) is 4.79 Å². The van der Waals surface area contributed by atoms with E-state index in [1.807, 2.05) is 0 Å². The first kappa shape index (κ1) is 11.5. The van der Waals surface area contributed by atoms with Crippen molar-refractivity contribution < 1.29 is 19.4 Å². The van der Waals surface area contributed by atoms with Gasteiger partial charge in [0, 0.05) is 12.8 Å². The zero-order valence-corrected chi connectivity index (χ0v) is 9.05. The standard InChI is InChI=1S/C11H12N2O4/c14-10(7-1-2-17-6-7)13-9-3-8(11(15)16)4-12-5-9/h3-5,7H,1-2,6H2,(H,13,14)(H,15,16). The molecule has 1 fully saturated rings. The Hall–Kier alpha value is -1.95. The molecule has 2 N–H and O–H groups in total. The van der Waals surface area contributed by atoms with E-state index in [2.05, 4.69) is 10.3 Å². The third-order valence-electron chi connectivity index (χ3n) is 2.55. The lowest BCUT2D eigenvalue weighted by molar-refractivity contribution is -0.119. The molecule has 1 atom stereocenters. The normalized spacial score (nSPS) is 18.9. The highest BCUT2D eigenvalue weighted by Gasteiger charge is 2.23. The largest absolute Gasteiger partial charge is 0.478 e. The van der Waals surface area contributed by atoms with Crippen molar-refractivity contribution in [1.29, 1.82) is 0 Å². The lowest BCUT2D eigenvalue weighted by Gasteiger charge is -2.09. The van der Waals surface area contributed by atoms with E-state index in [9.17, 15) is 9.59 Å². The van der Waals surface area contributed by atoms with Crippen LogP contribution in [0.1, 0.15) is 16.8 Å². The molecule has 0 radical (unpaired) electrons. The summed E-state index contributed by atoms with van der Waals surface area (Å²) in [5.74, 6) is -1.40. The highest BCUT2D eigenvalue weighted by Crippen LogP contribution is 2.16. The maximum absolute atomic E-state index is 11.7. The number of anilines is 1. The molecule has 17 heavy (non-hydrogen) atoms. The van der Waals surface area contributed by atoms with Gasteiger partial charge in [-0.2, -0.15) is 0 Å². The Morgan fingerprint density at radius 2 is 2.29 bits per heavy atom. The van der Waals surface area contributed by atoms with Gasteiger partial charge in [0.25, 0.3) is 0 Å². The van der Waals surface area contributed by atoms with Gasteiger partial charge in [0.2, 0.25) is 5.91 Å². The van der Waals surface area contributed by atoms with E-state index in [0.717, 1.165) is 0 Å². The SMILES string of the molecule is O=C(O)c1cncc(NC(=O)C2CCOC2)c1. The van der Waals surface area contributed by atoms with Crippen LogP contribution in [0.2, 0.25) is 0 Å². The van der Waals surface area contributed by atoms with Gasteiger partial charge in [-0.15, -0.1) is 0 Å². The summed E-state index contributed by atoms with van der Waals surface area (Å²) in [5.41, 5.74) is 0.437. The van der Waals surface area contributed by atoms with E-state index < -0.39 is 5.97 Å². The van der Waals surface area contributed by atoms with E-state index in [4.69, 9.17) is 9.84 Å². The van der Waals surface area contributed by atoms with Crippen molar-refractivity contribution in [2.24, 2.45) is 5.92 Å². The Labute approximate surface area is 97.6 Å². The highest BCUT2D eigenvalue weighted by atomic mass is 16.5. The molecule has 0 saturated carbocycles. The number of rotatable bonds is 3. The minimum absolute atomic E-state index is 0.0467. The first-order chi connectivity index (χ1) is 8.16. The van der Waals surface area contributed by atoms with Crippen molar-refractivity contribution in [3.63, 3.8) is 0 Å². The van der Waals surface area contributed by atoms with Crippen LogP contribution in [-0.4, -0.2) is 35.2 Å². The Morgan fingerprint density at radius 1 is 1.47 bits per heavy atom. The molecule has 0 aromatic carbocycles. The number of hydrogen-bond acceptors (Lipinski definition) is 4. The zero-order chi connectivity index (χ0) is 12.3. The van der Waals surface area contributed by atoms with Gasteiger partial charge >= 0.3 is 5.97 Å². The molecule has 90 valence electrons. The summed E-state index contributed by atoms with van der Waals surface area (Å²) in [6.45, 7) is 1.00. The topological polar surface area (TPSA) is 88.5 Å². The van der Waals surface area contributed by atoms with Crippen LogP contribution < -0.4 is 5.32 Å². The molecule has 6 nitrogen and oxygen atoms in total. The van der Waals surface area contributed by atoms with Gasteiger partial charge in [0.05, 0.1) is 30.0 Å². The number of carbonyl (C=O) groups excluding carboxylic acids is 1. The maximum atomic E-state index is 11.7. The Bertz CT molecular complexity index is 441. The van der Waals surface area contributed by atoms with E-state index in [0.29, 0.717) is 25.3 Å². The minimum atomic E-state index is -1.07. The summed E-state index contributed by atoms with van der Waals surface area (Å²) < 4.78 is 5.11. The van der Waals surface area contributed by atoms with Crippen LogP contribution in [-0.2, 0) is 9.53 Å². The molecule has 1 amide bonds. The second kappa shape index (κ2) is 4.92. The van der Waals surface area contributed by atoms with Gasteiger partial charge in [0.1, 0.15) is 0 Å². The molecule has 1 aliphatic rings. The number of ether oxygens (including phenoxy) is 1. The molecule has 0 spiro atoms. The zero-order valence-electron chi connectivity index (χ0n) is 9.05. The molecule has 2 heterocycles. The van der Waals surface area contributed by atoms with Gasteiger partial charge < -0.3 is 15.2 Å². The van der Waals surface area contributed by atoms with Crippen molar-refractivity contribution in [2.45, 2.75) is 6.42 Å². The molecule has 2 rings (SSSR count). The molecule has 0 bridgehead atoms. The van der Waals surface area contributed by atoms with Crippen LogP contribution in [0.3, 0.4) is 0 Å². The molecule has 1 aromatic heterocycles. The van der Waals surface area contributed by atoms with Crippen LogP contribution in [0.25, 0.3) is 0 Å². The van der Waals surface area contributed by atoms with Gasteiger partial charge in [0.15, 0.2) is 0 Å². The molecule has 6 heteroatoms. The summed E-state index contributed by atoms with van der Waals surface area (Å²) >= 11 is 0. The Balaban J connectivity index is 2.05. The van der Waals surface area contributed by atoms with E-state index in [1.165, 1.54) is 18.5 Å². The number of nitrogens with zero attached hydrogens (tertiary/aromatic N) is 1. The van der Waals surface area contributed by atoms with E-state index in [1.54, 1.807) is 0 Å². The fourth-order valence-corrected chi connectivity index (χ4v) is 1.61. The third kappa shape index (κ3) is 2.79.